The van der Waals surface area contributed by atoms with Crippen molar-refractivity contribution in [1.29, 1.82) is 0 Å². The molecule has 3 nitrogen and oxygen atoms in total. The van der Waals surface area contributed by atoms with Crippen LogP contribution in [0.15, 0.2) is 18.2 Å². The summed E-state index contributed by atoms with van der Waals surface area (Å²) in [5.74, 6) is 0.378. The minimum absolute atomic E-state index is 0.0222. The van der Waals surface area contributed by atoms with E-state index in [0.29, 0.717) is 28.1 Å². The highest BCUT2D eigenvalue weighted by Gasteiger charge is 2.17. The third-order valence-electron chi connectivity index (χ3n) is 3.02. The lowest BCUT2D eigenvalue weighted by Gasteiger charge is -2.21. The zero-order valence-electron chi connectivity index (χ0n) is 9.92. The van der Waals surface area contributed by atoms with E-state index >= 15 is 0 Å². The number of carbonyl (C=O) groups is 1. The lowest BCUT2D eigenvalue weighted by molar-refractivity contribution is -0.117. The van der Waals surface area contributed by atoms with Crippen LogP contribution in [0.5, 0.6) is 0 Å². The van der Waals surface area contributed by atoms with Crippen LogP contribution in [0.1, 0.15) is 19.3 Å². The Labute approximate surface area is 116 Å². The Hall–Kier alpha value is -0.770. The number of benzene rings is 1. The number of anilines is 1. The van der Waals surface area contributed by atoms with Crippen LogP contribution in [0.25, 0.3) is 0 Å². The van der Waals surface area contributed by atoms with Crippen LogP contribution in [-0.2, 0) is 9.53 Å². The van der Waals surface area contributed by atoms with E-state index in [1.165, 1.54) is 0 Å². The van der Waals surface area contributed by atoms with Gasteiger partial charge in [-0.1, -0.05) is 23.2 Å². The van der Waals surface area contributed by atoms with Gasteiger partial charge < -0.3 is 10.1 Å². The van der Waals surface area contributed by atoms with Crippen molar-refractivity contribution in [2.75, 3.05) is 18.5 Å². The van der Waals surface area contributed by atoms with Crippen molar-refractivity contribution in [2.45, 2.75) is 19.3 Å². The lowest BCUT2D eigenvalue weighted by atomic mass is 9.96. The summed E-state index contributed by atoms with van der Waals surface area (Å²) in [5.41, 5.74) is 0.571. The van der Waals surface area contributed by atoms with Gasteiger partial charge in [-0.05, 0) is 37.0 Å². The third-order valence-corrected chi connectivity index (χ3v) is 3.58. The summed E-state index contributed by atoms with van der Waals surface area (Å²) in [7, 11) is 0. The Bertz CT molecular complexity index is 431. The van der Waals surface area contributed by atoms with E-state index in [1.807, 2.05) is 0 Å². The van der Waals surface area contributed by atoms with E-state index in [-0.39, 0.29) is 5.91 Å². The number of carbonyl (C=O) groups excluding carboxylic acids is 1. The van der Waals surface area contributed by atoms with Crippen molar-refractivity contribution in [2.24, 2.45) is 5.92 Å². The van der Waals surface area contributed by atoms with Gasteiger partial charge in [0, 0.05) is 24.7 Å². The van der Waals surface area contributed by atoms with Crippen molar-refractivity contribution in [3.05, 3.63) is 28.2 Å². The van der Waals surface area contributed by atoms with Gasteiger partial charge in [-0.2, -0.15) is 0 Å². The molecule has 1 N–H and O–H groups in total. The maximum absolute atomic E-state index is 11.9. The number of hydrogen-bond acceptors (Lipinski definition) is 2. The zero-order chi connectivity index (χ0) is 13.0. The van der Waals surface area contributed by atoms with E-state index < -0.39 is 0 Å². The standard InChI is InChI=1S/C13H15Cl2NO2/c14-10-1-2-11(15)12(8-10)16-13(17)7-9-3-5-18-6-4-9/h1-2,8-9H,3-7H2,(H,16,17). The first-order valence-electron chi connectivity index (χ1n) is 5.98. The van der Waals surface area contributed by atoms with Crippen LogP contribution in [0.4, 0.5) is 5.69 Å². The maximum atomic E-state index is 11.9. The Morgan fingerprint density at radius 3 is 2.78 bits per heavy atom. The van der Waals surface area contributed by atoms with Crippen LogP contribution in [0.2, 0.25) is 10.0 Å². The number of rotatable bonds is 3. The molecule has 1 amide bonds. The third kappa shape index (κ3) is 3.87. The molecular formula is C13H15Cl2NO2. The normalized spacial score (nSPS) is 16.6. The first-order valence-corrected chi connectivity index (χ1v) is 6.73. The van der Waals surface area contributed by atoms with Gasteiger partial charge in [0.1, 0.15) is 0 Å². The van der Waals surface area contributed by atoms with Crippen molar-refractivity contribution >= 4 is 34.8 Å². The molecule has 1 aliphatic heterocycles. The fourth-order valence-electron chi connectivity index (χ4n) is 2.01. The SMILES string of the molecule is O=C(CC1CCOCC1)Nc1cc(Cl)ccc1Cl. The first kappa shape index (κ1) is 13.7. The molecule has 98 valence electrons. The van der Waals surface area contributed by atoms with Crippen LogP contribution in [-0.4, -0.2) is 19.1 Å². The monoisotopic (exact) mass is 287 g/mol. The van der Waals surface area contributed by atoms with Gasteiger partial charge in [0.2, 0.25) is 5.91 Å². The molecule has 5 heteroatoms. The van der Waals surface area contributed by atoms with Crippen LogP contribution in [0, 0.1) is 5.92 Å². The zero-order valence-corrected chi connectivity index (χ0v) is 11.4. The van der Waals surface area contributed by atoms with Gasteiger partial charge in [-0.15, -0.1) is 0 Å². The molecular weight excluding hydrogens is 273 g/mol. The molecule has 0 bridgehead atoms. The van der Waals surface area contributed by atoms with E-state index in [1.54, 1.807) is 18.2 Å². The van der Waals surface area contributed by atoms with E-state index in [2.05, 4.69) is 5.32 Å². The molecule has 0 aromatic heterocycles. The summed E-state index contributed by atoms with van der Waals surface area (Å²) in [6.07, 6.45) is 2.39. The summed E-state index contributed by atoms with van der Waals surface area (Å²) in [6, 6.07) is 5.03. The number of halogens is 2. The van der Waals surface area contributed by atoms with Crippen molar-refractivity contribution in [1.82, 2.24) is 0 Å². The molecule has 0 saturated carbocycles. The van der Waals surface area contributed by atoms with Crippen LogP contribution in [0.3, 0.4) is 0 Å². The highest BCUT2D eigenvalue weighted by molar-refractivity contribution is 6.35. The second-order valence-corrected chi connectivity index (χ2v) is 5.28. The van der Waals surface area contributed by atoms with E-state index in [4.69, 9.17) is 27.9 Å². The molecule has 0 spiro atoms. The van der Waals surface area contributed by atoms with Crippen LogP contribution >= 0.6 is 23.2 Å². The van der Waals surface area contributed by atoms with Crippen molar-refractivity contribution in [3.8, 4) is 0 Å². The van der Waals surface area contributed by atoms with Crippen molar-refractivity contribution < 1.29 is 9.53 Å². The fraction of sp³-hybridized carbons (Fsp3) is 0.462. The van der Waals surface area contributed by atoms with Gasteiger partial charge in [0.15, 0.2) is 0 Å². The molecule has 1 fully saturated rings. The molecule has 1 aromatic carbocycles. The van der Waals surface area contributed by atoms with Gasteiger partial charge >= 0.3 is 0 Å². The van der Waals surface area contributed by atoms with Gasteiger partial charge in [-0.3, -0.25) is 4.79 Å². The average Bonchev–Trinajstić information content (AvgIpc) is 2.35. The Morgan fingerprint density at radius 1 is 1.33 bits per heavy atom. The minimum atomic E-state index is -0.0222. The van der Waals surface area contributed by atoms with Crippen LogP contribution < -0.4 is 5.32 Å². The molecule has 1 aromatic rings. The topological polar surface area (TPSA) is 38.3 Å². The Morgan fingerprint density at radius 2 is 2.06 bits per heavy atom. The summed E-state index contributed by atoms with van der Waals surface area (Å²) >= 11 is 11.9. The Balaban J connectivity index is 1.92. The predicted molar refractivity (Wildman–Crippen MR) is 73.3 cm³/mol. The fourth-order valence-corrected chi connectivity index (χ4v) is 2.34. The molecule has 0 unspecified atom stereocenters. The number of hydrogen-bond donors (Lipinski definition) is 1. The largest absolute Gasteiger partial charge is 0.381 e. The van der Waals surface area contributed by atoms with Crippen molar-refractivity contribution in [3.63, 3.8) is 0 Å². The average molecular weight is 288 g/mol. The molecule has 0 aliphatic carbocycles. The molecule has 1 saturated heterocycles. The molecule has 18 heavy (non-hydrogen) atoms. The van der Waals surface area contributed by atoms with Gasteiger partial charge in [0.25, 0.3) is 0 Å². The first-order chi connectivity index (χ1) is 8.65. The summed E-state index contributed by atoms with van der Waals surface area (Å²) in [6.45, 7) is 1.49. The lowest BCUT2D eigenvalue weighted by Crippen LogP contribution is -2.22. The number of ether oxygens (including phenoxy) is 1. The second kappa shape index (κ2) is 6.41. The van der Waals surface area contributed by atoms with Gasteiger partial charge in [0.05, 0.1) is 10.7 Å². The van der Waals surface area contributed by atoms with E-state index in [0.717, 1.165) is 26.1 Å². The highest BCUT2D eigenvalue weighted by atomic mass is 35.5. The number of nitrogens with one attached hydrogen (secondary N) is 1. The second-order valence-electron chi connectivity index (χ2n) is 4.43. The molecule has 2 rings (SSSR count). The summed E-state index contributed by atoms with van der Waals surface area (Å²) < 4.78 is 5.26. The molecule has 1 heterocycles. The minimum Gasteiger partial charge on any atom is -0.381 e. The molecule has 0 radical (unpaired) electrons. The van der Waals surface area contributed by atoms with Gasteiger partial charge in [-0.25, -0.2) is 0 Å². The summed E-state index contributed by atoms with van der Waals surface area (Å²) in [5, 5.41) is 3.86. The number of amides is 1. The predicted octanol–water partition coefficient (Wildman–Crippen LogP) is 3.75. The maximum Gasteiger partial charge on any atom is 0.224 e. The molecule has 1 aliphatic rings. The van der Waals surface area contributed by atoms with E-state index in [9.17, 15) is 4.79 Å². The smallest absolute Gasteiger partial charge is 0.224 e. The molecule has 0 atom stereocenters. The Kier molecular flexibility index (Phi) is 4.87. The quantitative estimate of drug-likeness (QED) is 0.920. The highest BCUT2D eigenvalue weighted by Crippen LogP contribution is 2.26. The summed E-state index contributed by atoms with van der Waals surface area (Å²) in [4.78, 5) is 11.9.